The summed E-state index contributed by atoms with van der Waals surface area (Å²) in [6.07, 6.45) is 1.74. The zero-order chi connectivity index (χ0) is 23.2. The van der Waals surface area contributed by atoms with Crippen molar-refractivity contribution in [3.05, 3.63) is 90.6 Å². The van der Waals surface area contributed by atoms with E-state index in [4.69, 9.17) is 20.2 Å². The van der Waals surface area contributed by atoms with Crippen LogP contribution < -0.4 is 20.7 Å². The van der Waals surface area contributed by atoms with Gasteiger partial charge in [-0.3, -0.25) is 0 Å². The lowest BCUT2D eigenvalue weighted by Gasteiger charge is -2.28. The van der Waals surface area contributed by atoms with Crippen molar-refractivity contribution in [2.45, 2.75) is 6.61 Å². The highest BCUT2D eigenvalue weighted by atomic mass is 16.5. The molecular formula is C27H27N5O2. The van der Waals surface area contributed by atoms with Crippen LogP contribution in [0.4, 0.5) is 23.0 Å². The van der Waals surface area contributed by atoms with Crippen LogP contribution in [0, 0.1) is 0 Å². The van der Waals surface area contributed by atoms with E-state index in [-0.39, 0.29) is 0 Å². The van der Waals surface area contributed by atoms with Gasteiger partial charge in [-0.05, 0) is 48.0 Å². The van der Waals surface area contributed by atoms with Gasteiger partial charge in [-0.25, -0.2) is 9.97 Å². The van der Waals surface area contributed by atoms with Gasteiger partial charge in [0.2, 0.25) is 5.95 Å². The van der Waals surface area contributed by atoms with Gasteiger partial charge >= 0.3 is 0 Å². The third kappa shape index (κ3) is 5.44. The number of ether oxygens (including phenoxy) is 2. The summed E-state index contributed by atoms with van der Waals surface area (Å²) in [6, 6.07) is 25.8. The molecule has 1 fully saturated rings. The molecule has 3 aromatic carbocycles. The van der Waals surface area contributed by atoms with E-state index in [9.17, 15) is 0 Å². The molecule has 7 heteroatoms. The Morgan fingerprint density at radius 2 is 1.74 bits per heavy atom. The first-order chi connectivity index (χ1) is 16.7. The van der Waals surface area contributed by atoms with E-state index in [1.165, 1.54) is 5.69 Å². The summed E-state index contributed by atoms with van der Waals surface area (Å²) >= 11 is 0. The Morgan fingerprint density at radius 1 is 0.941 bits per heavy atom. The molecule has 0 amide bonds. The number of hydrogen-bond donors (Lipinski definition) is 2. The van der Waals surface area contributed by atoms with Gasteiger partial charge in [0, 0.05) is 48.0 Å². The van der Waals surface area contributed by atoms with Crippen molar-refractivity contribution < 1.29 is 9.47 Å². The summed E-state index contributed by atoms with van der Waals surface area (Å²) in [5, 5.41) is 3.29. The zero-order valence-electron chi connectivity index (χ0n) is 18.9. The van der Waals surface area contributed by atoms with Gasteiger partial charge in [-0.1, -0.05) is 30.3 Å². The fourth-order valence-electron chi connectivity index (χ4n) is 3.88. The van der Waals surface area contributed by atoms with Crippen molar-refractivity contribution in [1.29, 1.82) is 0 Å². The second kappa shape index (κ2) is 10.2. The van der Waals surface area contributed by atoms with Crippen LogP contribution in [0.1, 0.15) is 5.56 Å². The molecule has 1 aliphatic rings. The standard InChI is InChI=1S/C27H27N5O2/c28-22-16-21(17-25(18-22)34-19-20-4-2-1-3-5-20)26-10-11-29-27(31-26)30-23-6-8-24(9-7-23)32-12-14-33-15-13-32/h1-11,16-18H,12-15,19,28H2,(H,29,30,31). The lowest BCUT2D eigenvalue weighted by molar-refractivity contribution is 0.122. The number of benzene rings is 3. The Bertz CT molecular complexity index is 1230. The Labute approximate surface area is 199 Å². The highest BCUT2D eigenvalue weighted by Crippen LogP contribution is 2.28. The van der Waals surface area contributed by atoms with Gasteiger partial charge in [-0.15, -0.1) is 0 Å². The third-order valence-corrected chi connectivity index (χ3v) is 5.63. The first-order valence-electron chi connectivity index (χ1n) is 11.3. The number of nitrogens with two attached hydrogens (primary N) is 1. The molecule has 1 aromatic heterocycles. The van der Waals surface area contributed by atoms with E-state index >= 15 is 0 Å². The second-order valence-electron chi connectivity index (χ2n) is 8.10. The number of anilines is 4. The molecule has 4 aromatic rings. The molecule has 0 bridgehead atoms. The summed E-state index contributed by atoms with van der Waals surface area (Å²) in [5.74, 6) is 1.22. The minimum absolute atomic E-state index is 0.473. The van der Waals surface area contributed by atoms with E-state index in [2.05, 4.69) is 27.3 Å². The molecule has 0 atom stereocenters. The summed E-state index contributed by atoms with van der Waals surface area (Å²) in [4.78, 5) is 11.4. The molecule has 1 saturated heterocycles. The van der Waals surface area contributed by atoms with Gasteiger partial charge in [0.1, 0.15) is 12.4 Å². The van der Waals surface area contributed by atoms with E-state index in [1.54, 1.807) is 6.20 Å². The number of aromatic nitrogens is 2. The third-order valence-electron chi connectivity index (χ3n) is 5.63. The van der Waals surface area contributed by atoms with Crippen LogP contribution in [0.5, 0.6) is 5.75 Å². The van der Waals surface area contributed by atoms with Crippen LogP contribution >= 0.6 is 0 Å². The minimum Gasteiger partial charge on any atom is -0.489 e. The van der Waals surface area contributed by atoms with Gasteiger partial charge in [-0.2, -0.15) is 0 Å². The Morgan fingerprint density at radius 3 is 2.53 bits per heavy atom. The maximum absolute atomic E-state index is 6.15. The van der Waals surface area contributed by atoms with E-state index < -0.39 is 0 Å². The molecule has 0 radical (unpaired) electrons. The number of nitrogens with zero attached hydrogens (tertiary/aromatic N) is 3. The molecule has 0 spiro atoms. The molecule has 172 valence electrons. The van der Waals surface area contributed by atoms with Crippen molar-refractivity contribution in [3.63, 3.8) is 0 Å². The fourth-order valence-corrected chi connectivity index (χ4v) is 3.88. The highest BCUT2D eigenvalue weighted by Gasteiger charge is 2.11. The predicted octanol–water partition coefficient (Wildman–Crippen LogP) is 4.89. The second-order valence-corrected chi connectivity index (χ2v) is 8.10. The van der Waals surface area contributed by atoms with Crippen molar-refractivity contribution >= 4 is 23.0 Å². The molecule has 5 rings (SSSR count). The molecule has 0 saturated carbocycles. The van der Waals surface area contributed by atoms with Crippen LogP contribution in [0.3, 0.4) is 0 Å². The van der Waals surface area contributed by atoms with E-state index in [0.717, 1.165) is 48.8 Å². The first-order valence-corrected chi connectivity index (χ1v) is 11.3. The van der Waals surface area contributed by atoms with Crippen molar-refractivity contribution in [2.75, 3.05) is 42.3 Å². The van der Waals surface area contributed by atoms with Crippen LogP contribution in [0.2, 0.25) is 0 Å². The average molecular weight is 454 g/mol. The predicted molar refractivity (Wildman–Crippen MR) is 135 cm³/mol. The van der Waals surface area contributed by atoms with Crippen LogP contribution in [0.15, 0.2) is 85.1 Å². The minimum atomic E-state index is 0.473. The molecule has 0 aliphatic carbocycles. The first kappa shape index (κ1) is 21.7. The van der Waals surface area contributed by atoms with Crippen LogP contribution in [-0.2, 0) is 11.3 Å². The Hall–Kier alpha value is -4.10. The molecule has 1 aliphatic heterocycles. The molecular weight excluding hydrogens is 426 g/mol. The van der Waals surface area contributed by atoms with Crippen molar-refractivity contribution in [2.24, 2.45) is 0 Å². The van der Waals surface area contributed by atoms with Crippen LogP contribution in [-0.4, -0.2) is 36.3 Å². The average Bonchev–Trinajstić information content (AvgIpc) is 2.89. The maximum atomic E-state index is 6.15. The number of nitrogens with one attached hydrogen (secondary N) is 1. The normalized spacial score (nSPS) is 13.5. The number of nitrogen functional groups attached to an aromatic ring is 1. The van der Waals surface area contributed by atoms with E-state index in [1.807, 2.05) is 66.7 Å². The fraction of sp³-hybridized carbons (Fsp3) is 0.185. The van der Waals surface area contributed by atoms with Crippen molar-refractivity contribution in [1.82, 2.24) is 9.97 Å². The molecule has 7 nitrogen and oxygen atoms in total. The van der Waals surface area contributed by atoms with Crippen LogP contribution in [0.25, 0.3) is 11.3 Å². The Balaban J connectivity index is 1.29. The quantitative estimate of drug-likeness (QED) is 0.386. The largest absolute Gasteiger partial charge is 0.489 e. The maximum Gasteiger partial charge on any atom is 0.227 e. The zero-order valence-corrected chi connectivity index (χ0v) is 18.9. The topological polar surface area (TPSA) is 85.5 Å². The smallest absolute Gasteiger partial charge is 0.227 e. The summed E-state index contributed by atoms with van der Waals surface area (Å²) in [5.41, 5.74) is 11.6. The lowest BCUT2D eigenvalue weighted by atomic mass is 10.1. The van der Waals surface area contributed by atoms with Crippen molar-refractivity contribution in [3.8, 4) is 17.0 Å². The number of hydrogen-bond acceptors (Lipinski definition) is 7. The summed E-state index contributed by atoms with van der Waals surface area (Å²) in [6.45, 7) is 3.83. The monoisotopic (exact) mass is 453 g/mol. The summed E-state index contributed by atoms with van der Waals surface area (Å²) in [7, 11) is 0. The Kier molecular flexibility index (Phi) is 6.54. The highest BCUT2D eigenvalue weighted by molar-refractivity contribution is 5.68. The van der Waals surface area contributed by atoms with Gasteiger partial charge < -0.3 is 25.4 Å². The molecule has 3 N–H and O–H groups in total. The lowest BCUT2D eigenvalue weighted by Crippen LogP contribution is -2.36. The van der Waals surface area contributed by atoms with E-state index in [0.29, 0.717) is 24.0 Å². The number of rotatable bonds is 7. The molecule has 2 heterocycles. The number of morpholine rings is 1. The van der Waals surface area contributed by atoms with Gasteiger partial charge in [0.15, 0.2) is 0 Å². The summed E-state index contributed by atoms with van der Waals surface area (Å²) < 4.78 is 11.4. The SMILES string of the molecule is Nc1cc(OCc2ccccc2)cc(-c2ccnc(Nc3ccc(N4CCOCC4)cc3)n2)c1. The molecule has 0 unspecified atom stereocenters. The molecule has 34 heavy (non-hydrogen) atoms. The van der Waals surface area contributed by atoms with Gasteiger partial charge in [0.05, 0.1) is 18.9 Å². The van der Waals surface area contributed by atoms with Gasteiger partial charge in [0.25, 0.3) is 0 Å².